The van der Waals surface area contributed by atoms with Crippen LogP contribution in [0, 0.1) is 12.3 Å². The molecule has 0 atom stereocenters. The molecule has 13 heavy (non-hydrogen) atoms. The second-order valence-corrected chi connectivity index (χ2v) is 2.74. The van der Waals surface area contributed by atoms with Gasteiger partial charge in [0, 0.05) is 7.05 Å². The van der Waals surface area contributed by atoms with Gasteiger partial charge in [-0.2, -0.15) is 5.10 Å². The fourth-order valence-electron chi connectivity index (χ4n) is 1.25. The average molecular weight is 182 g/mol. The first-order valence-corrected chi connectivity index (χ1v) is 4.08. The van der Waals surface area contributed by atoms with Crippen LogP contribution in [0.25, 0.3) is 0 Å². The molecule has 3 N–H and O–H groups in total. The lowest BCUT2D eigenvalue weighted by atomic mass is 10.2. The minimum Gasteiger partial charge on any atom is -0.478 e. The highest BCUT2D eigenvalue weighted by Crippen LogP contribution is 2.20. The van der Waals surface area contributed by atoms with Crippen molar-refractivity contribution in [2.24, 2.45) is 12.8 Å². The molecule has 1 aromatic heterocycles. The maximum Gasteiger partial charge on any atom is 0.223 e. The van der Waals surface area contributed by atoms with Crippen LogP contribution in [-0.4, -0.2) is 22.2 Å². The second kappa shape index (κ2) is 3.47. The third-order valence-corrected chi connectivity index (χ3v) is 1.72. The summed E-state index contributed by atoms with van der Waals surface area (Å²) < 4.78 is 6.92. The Morgan fingerprint density at radius 3 is 2.77 bits per heavy atom. The van der Waals surface area contributed by atoms with Crippen molar-refractivity contribution in [2.75, 3.05) is 6.61 Å². The van der Waals surface area contributed by atoms with Crippen LogP contribution in [-0.2, 0) is 7.05 Å². The van der Waals surface area contributed by atoms with Gasteiger partial charge in [0.1, 0.15) is 11.4 Å². The van der Waals surface area contributed by atoms with Crippen LogP contribution in [0.3, 0.4) is 0 Å². The van der Waals surface area contributed by atoms with Crippen LogP contribution in [0.4, 0.5) is 0 Å². The third-order valence-electron chi connectivity index (χ3n) is 1.72. The highest BCUT2D eigenvalue weighted by molar-refractivity contribution is 5.98. The molecule has 5 nitrogen and oxygen atoms in total. The van der Waals surface area contributed by atoms with Gasteiger partial charge >= 0.3 is 0 Å². The summed E-state index contributed by atoms with van der Waals surface area (Å²) in [5.74, 6) is 0.557. The number of aromatic nitrogens is 2. The standard InChI is InChI=1S/C8H14N4O/c1-4-13-8-6(7(9)10)5(2)11-12(8)3/h4H2,1-3H3,(H3,9,10). The number of amidine groups is 1. The van der Waals surface area contributed by atoms with Crippen molar-refractivity contribution in [2.45, 2.75) is 13.8 Å². The molecule has 1 rings (SSSR count). The summed E-state index contributed by atoms with van der Waals surface area (Å²) >= 11 is 0. The van der Waals surface area contributed by atoms with Crippen LogP contribution in [0.15, 0.2) is 0 Å². The molecule has 1 heterocycles. The molecule has 0 aliphatic rings. The zero-order valence-corrected chi connectivity index (χ0v) is 8.09. The van der Waals surface area contributed by atoms with Gasteiger partial charge in [0.25, 0.3) is 0 Å². The van der Waals surface area contributed by atoms with Gasteiger partial charge in [-0.25, -0.2) is 4.68 Å². The smallest absolute Gasteiger partial charge is 0.223 e. The summed E-state index contributed by atoms with van der Waals surface area (Å²) in [7, 11) is 1.77. The van der Waals surface area contributed by atoms with Crippen LogP contribution < -0.4 is 10.5 Å². The highest BCUT2D eigenvalue weighted by Gasteiger charge is 2.16. The molecule has 0 aliphatic heterocycles. The minimum atomic E-state index is -0.00551. The van der Waals surface area contributed by atoms with Crippen molar-refractivity contribution in [3.63, 3.8) is 0 Å². The van der Waals surface area contributed by atoms with Gasteiger partial charge in [-0.05, 0) is 13.8 Å². The first kappa shape index (κ1) is 9.57. The van der Waals surface area contributed by atoms with E-state index in [1.165, 1.54) is 0 Å². The Morgan fingerprint density at radius 2 is 2.31 bits per heavy atom. The van der Waals surface area contributed by atoms with Crippen LogP contribution in [0.5, 0.6) is 5.88 Å². The summed E-state index contributed by atoms with van der Waals surface area (Å²) in [5, 5.41) is 11.5. The van der Waals surface area contributed by atoms with E-state index in [1.807, 2.05) is 6.92 Å². The largest absolute Gasteiger partial charge is 0.478 e. The maximum absolute atomic E-state index is 7.35. The van der Waals surface area contributed by atoms with Gasteiger partial charge in [-0.15, -0.1) is 0 Å². The molecule has 0 bridgehead atoms. The van der Waals surface area contributed by atoms with Crippen molar-refractivity contribution >= 4 is 5.84 Å². The minimum absolute atomic E-state index is 0.00551. The van der Waals surface area contributed by atoms with E-state index in [9.17, 15) is 0 Å². The number of nitrogens with two attached hydrogens (primary N) is 1. The van der Waals surface area contributed by atoms with Gasteiger partial charge in [0.15, 0.2) is 0 Å². The van der Waals surface area contributed by atoms with Crippen molar-refractivity contribution in [3.8, 4) is 5.88 Å². The Labute approximate surface area is 77.0 Å². The fourth-order valence-corrected chi connectivity index (χ4v) is 1.25. The summed E-state index contributed by atoms with van der Waals surface area (Å²) in [6, 6.07) is 0. The summed E-state index contributed by atoms with van der Waals surface area (Å²) in [6.07, 6.45) is 0. The monoisotopic (exact) mass is 182 g/mol. The quantitative estimate of drug-likeness (QED) is 0.525. The molecule has 0 aliphatic carbocycles. The van der Waals surface area contributed by atoms with Gasteiger partial charge in [0.2, 0.25) is 5.88 Å². The van der Waals surface area contributed by atoms with Gasteiger partial charge in [-0.1, -0.05) is 0 Å². The van der Waals surface area contributed by atoms with E-state index < -0.39 is 0 Å². The number of nitrogens with zero attached hydrogens (tertiary/aromatic N) is 2. The lowest BCUT2D eigenvalue weighted by Gasteiger charge is -2.04. The zero-order chi connectivity index (χ0) is 10.0. The number of hydrogen-bond acceptors (Lipinski definition) is 3. The van der Waals surface area contributed by atoms with E-state index in [0.717, 1.165) is 5.69 Å². The van der Waals surface area contributed by atoms with Crippen LogP contribution >= 0.6 is 0 Å². The van der Waals surface area contributed by atoms with E-state index in [0.29, 0.717) is 18.1 Å². The molecule has 0 radical (unpaired) electrons. The van der Waals surface area contributed by atoms with Gasteiger partial charge in [0.05, 0.1) is 12.3 Å². The zero-order valence-electron chi connectivity index (χ0n) is 8.09. The van der Waals surface area contributed by atoms with E-state index in [1.54, 1.807) is 18.7 Å². The molecule has 72 valence electrons. The van der Waals surface area contributed by atoms with Gasteiger partial charge in [-0.3, -0.25) is 5.41 Å². The molecule has 0 aromatic carbocycles. The molecular weight excluding hydrogens is 168 g/mol. The number of hydrogen-bond donors (Lipinski definition) is 2. The summed E-state index contributed by atoms with van der Waals surface area (Å²) in [4.78, 5) is 0. The molecule has 0 unspecified atom stereocenters. The first-order valence-electron chi connectivity index (χ1n) is 4.08. The predicted octanol–water partition coefficient (Wildman–Crippen LogP) is 0.411. The molecule has 0 spiro atoms. The van der Waals surface area contributed by atoms with E-state index in [2.05, 4.69) is 5.10 Å². The number of rotatable bonds is 3. The van der Waals surface area contributed by atoms with Crippen molar-refractivity contribution in [3.05, 3.63) is 11.3 Å². The number of nitrogen functional groups attached to an aromatic ring is 1. The lowest BCUT2D eigenvalue weighted by molar-refractivity contribution is 0.309. The van der Waals surface area contributed by atoms with Crippen molar-refractivity contribution in [1.82, 2.24) is 9.78 Å². The van der Waals surface area contributed by atoms with E-state index >= 15 is 0 Å². The molecule has 1 aromatic rings. The Balaban J connectivity index is 3.20. The first-order chi connectivity index (χ1) is 6.07. The number of nitrogens with one attached hydrogen (secondary N) is 1. The summed E-state index contributed by atoms with van der Waals surface area (Å²) in [5.41, 5.74) is 6.72. The topological polar surface area (TPSA) is 76.9 Å². The molecule has 0 saturated heterocycles. The van der Waals surface area contributed by atoms with Crippen LogP contribution in [0.1, 0.15) is 18.2 Å². The Morgan fingerprint density at radius 1 is 1.69 bits per heavy atom. The van der Waals surface area contributed by atoms with Crippen LogP contribution in [0.2, 0.25) is 0 Å². The number of aryl methyl sites for hydroxylation is 2. The fraction of sp³-hybridized carbons (Fsp3) is 0.500. The van der Waals surface area contributed by atoms with Crippen molar-refractivity contribution in [1.29, 1.82) is 5.41 Å². The molecule has 0 saturated carbocycles. The average Bonchev–Trinajstić information content (AvgIpc) is 2.27. The Bertz CT molecular complexity index is 329. The normalized spacial score (nSPS) is 10.1. The Hall–Kier alpha value is -1.52. The number of ether oxygens (including phenoxy) is 1. The molecule has 0 fully saturated rings. The second-order valence-electron chi connectivity index (χ2n) is 2.74. The SMILES string of the molecule is CCOc1c(C(=N)N)c(C)nn1C. The van der Waals surface area contributed by atoms with E-state index in [4.69, 9.17) is 15.9 Å². The molecular formula is C8H14N4O. The molecule has 5 heteroatoms. The predicted molar refractivity (Wildman–Crippen MR) is 50.1 cm³/mol. The Kier molecular flexibility index (Phi) is 2.55. The third kappa shape index (κ3) is 1.63. The summed E-state index contributed by atoms with van der Waals surface area (Å²) in [6.45, 7) is 4.23. The lowest BCUT2D eigenvalue weighted by Crippen LogP contribution is -2.13. The maximum atomic E-state index is 7.35. The van der Waals surface area contributed by atoms with E-state index in [-0.39, 0.29) is 5.84 Å². The van der Waals surface area contributed by atoms with Crippen molar-refractivity contribution < 1.29 is 4.74 Å². The van der Waals surface area contributed by atoms with Gasteiger partial charge < -0.3 is 10.5 Å². The highest BCUT2D eigenvalue weighted by atomic mass is 16.5. The molecule has 0 amide bonds.